The van der Waals surface area contributed by atoms with Crippen LogP contribution in [-0.4, -0.2) is 29.5 Å². The maximum atomic E-state index is 12.3. The summed E-state index contributed by atoms with van der Waals surface area (Å²) in [6, 6.07) is 12.3. The standard InChI is InChI=1S/C18H14F2N4O3S/c1-21-18-23(22-10-13-4-2-3-5-15(13)24(25)26)16(11-28-18)12-6-8-14(9-7-12)27-17(19)20/h2-11,17H,1H3/b21-18?,22-10+. The number of thiazole rings is 1. The molecule has 0 saturated carbocycles. The summed E-state index contributed by atoms with van der Waals surface area (Å²) in [4.78, 5) is 15.4. The van der Waals surface area contributed by atoms with Crippen LogP contribution in [0, 0.1) is 10.1 Å². The Kier molecular flexibility index (Phi) is 5.90. The van der Waals surface area contributed by atoms with Gasteiger partial charge in [-0.3, -0.25) is 15.1 Å². The topological polar surface area (TPSA) is 82.0 Å². The summed E-state index contributed by atoms with van der Waals surface area (Å²) in [5, 5.41) is 17.3. The van der Waals surface area contributed by atoms with Crippen LogP contribution in [0.1, 0.15) is 5.56 Å². The van der Waals surface area contributed by atoms with E-state index in [1.54, 1.807) is 37.4 Å². The average molecular weight is 404 g/mol. The van der Waals surface area contributed by atoms with Crippen LogP contribution in [0.3, 0.4) is 0 Å². The number of ether oxygens (including phenoxy) is 1. The van der Waals surface area contributed by atoms with Gasteiger partial charge in [0, 0.05) is 24.1 Å². The summed E-state index contributed by atoms with van der Waals surface area (Å²) in [6.45, 7) is -2.89. The van der Waals surface area contributed by atoms with E-state index in [1.165, 1.54) is 40.4 Å². The molecule has 0 spiro atoms. The lowest BCUT2D eigenvalue weighted by molar-refractivity contribution is -0.385. The zero-order valence-electron chi connectivity index (χ0n) is 14.5. The van der Waals surface area contributed by atoms with Crippen molar-refractivity contribution in [3.8, 4) is 17.0 Å². The van der Waals surface area contributed by atoms with Gasteiger partial charge in [0.15, 0.2) is 0 Å². The summed E-state index contributed by atoms with van der Waals surface area (Å²) in [5.74, 6) is 0.0457. The molecule has 0 saturated heterocycles. The number of aromatic nitrogens is 1. The van der Waals surface area contributed by atoms with Crippen LogP contribution in [-0.2, 0) is 0 Å². The summed E-state index contributed by atoms with van der Waals surface area (Å²) in [7, 11) is 1.60. The summed E-state index contributed by atoms with van der Waals surface area (Å²) in [6.07, 6.45) is 1.39. The van der Waals surface area contributed by atoms with Gasteiger partial charge in [0.05, 0.1) is 22.4 Å². The van der Waals surface area contributed by atoms with E-state index in [1.807, 2.05) is 5.38 Å². The molecule has 1 heterocycles. The maximum absolute atomic E-state index is 12.3. The molecule has 144 valence electrons. The fourth-order valence-electron chi connectivity index (χ4n) is 2.45. The molecule has 0 N–H and O–H groups in total. The second kappa shape index (κ2) is 8.53. The molecular weight excluding hydrogens is 390 g/mol. The Morgan fingerprint density at radius 2 is 1.93 bits per heavy atom. The minimum atomic E-state index is -2.89. The van der Waals surface area contributed by atoms with E-state index < -0.39 is 11.5 Å². The van der Waals surface area contributed by atoms with E-state index in [9.17, 15) is 18.9 Å². The first-order valence-corrected chi connectivity index (χ1v) is 8.84. The Bertz CT molecular complexity index is 1070. The quantitative estimate of drug-likeness (QED) is 0.352. The van der Waals surface area contributed by atoms with Crippen LogP contribution in [0.5, 0.6) is 5.75 Å². The van der Waals surface area contributed by atoms with E-state index in [4.69, 9.17) is 0 Å². The van der Waals surface area contributed by atoms with E-state index in [2.05, 4.69) is 14.8 Å². The summed E-state index contributed by atoms with van der Waals surface area (Å²) >= 11 is 1.33. The Balaban J connectivity index is 1.99. The molecule has 3 rings (SSSR count). The molecule has 3 aromatic rings. The molecule has 10 heteroatoms. The minimum Gasteiger partial charge on any atom is -0.435 e. The normalized spacial score (nSPS) is 12.1. The number of para-hydroxylation sites is 1. The van der Waals surface area contributed by atoms with Crippen LogP contribution in [0.25, 0.3) is 11.3 Å². The van der Waals surface area contributed by atoms with Crippen molar-refractivity contribution in [2.45, 2.75) is 6.61 Å². The molecule has 0 atom stereocenters. The zero-order valence-corrected chi connectivity index (χ0v) is 15.3. The van der Waals surface area contributed by atoms with Crippen LogP contribution in [0.15, 0.2) is 64.0 Å². The molecular formula is C18H14F2N4O3S. The van der Waals surface area contributed by atoms with Crippen molar-refractivity contribution in [1.82, 2.24) is 4.68 Å². The number of halogens is 2. The van der Waals surface area contributed by atoms with Crippen LogP contribution >= 0.6 is 11.3 Å². The molecule has 0 aliphatic heterocycles. The number of benzene rings is 2. The van der Waals surface area contributed by atoms with Crippen molar-refractivity contribution in [2.75, 3.05) is 7.05 Å². The fourth-order valence-corrected chi connectivity index (χ4v) is 3.25. The molecule has 0 unspecified atom stereocenters. The van der Waals surface area contributed by atoms with Crippen LogP contribution in [0.2, 0.25) is 0 Å². The van der Waals surface area contributed by atoms with Gasteiger partial charge in [-0.2, -0.15) is 13.9 Å². The third-order valence-corrected chi connectivity index (χ3v) is 4.61. The molecule has 0 amide bonds. The van der Waals surface area contributed by atoms with Crippen molar-refractivity contribution in [3.05, 3.63) is 74.4 Å². The number of nitro groups is 1. The predicted octanol–water partition coefficient (Wildman–Crippen LogP) is 4.14. The molecule has 1 aromatic heterocycles. The lowest BCUT2D eigenvalue weighted by Gasteiger charge is -2.06. The highest BCUT2D eigenvalue weighted by Gasteiger charge is 2.12. The monoisotopic (exact) mass is 404 g/mol. The van der Waals surface area contributed by atoms with Gasteiger partial charge in [-0.25, -0.2) is 4.68 Å². The van der Waals surface area contributed by atoms with Gasteiger partial charge in [-0.05, 0) is 30.3 Å². The Hall–Kier alpha value is -3.40. The summed E-state index contributed by atoms with van der Waals surface area (Å²) in [5.41, 5.74) is 1.64. The maximum Gasteiger partial charge on any atom is 0.387 e. The zero-order chi connectivity index (χ0) is 20.1. The predicted molar refractivity (Wildman–Crippen MR) is 102 cm³/mol. The number of hydrogen-bond acceptors (Lipinski definition) is 6. The molecule has 0 radical (unpaired) electrons. The highest BCUT2D eigenvalue weighted by Crippen LogP contribution is 2.24. The van der Waals surface area contributed by atoms with Crippen molar-refractivity contribution < 1.29 is 18.4 Å². The van der Waals surface area contributed by atoms with Gasteiger partial charge >= 0.3 is 6.61 Å². The highest BCUT2D eigenvalue weighted by molar-refractivity contribution is 7.07. The number of nitrogens with zero attached hydrogens (tertiary/aromatic N) is 4. The molecule has 0 aliphatic rings. The third-order valence-electron chi connectivity index (χ3n) is 3.70. The Morgan fingerprint density at radius 1 is 1.21 bits per heavy atom. The number of nitro benzene ring substituents is 1. The Labute approximate surface area is 162 Å². The second-order valence-corrected chi connectivity index (χ2v) is 6.24. The van der Waals surface area contributed by atoms with Crippen molar-refractivity contribution in [1.29, 1.82) is 0 Å². The molecule has 0 fully saturated rings. The minimum absolute atomic E-state index is 0.0457. The van der Waals surface area contributed by atoms with Gasteiger partial charge in [-0.15, -0.1) is 11.3 Å². The van der Waals surface area contributed by atoms with Gasteiger partial charge in [-0.1, -0.05) is 12.1 Å². The van der Waals surface area contributed by atoms with Gasteiger partial charge in [0.2, 0.25) is 4.80 Å². The first-order chi connectivity index (χ1) is 13.5. The lowest BCUT2D eigenvalue weighted by atomic mass is 10.2. The first-order valence-electron chi connectivity index (χ1n) is 7.96. The molecule has 2 aromatic carbocycles. The van der Waals surface area contributed by atoms with E-state index in [-0.39, 0.29) is 11.4 Å². The van der Waals surface area contributed by atoms with Crippen molar-refractivity contribution in [3.63, 3.8) is 0 Å². The SMILES string of the molecule is CN=c1scc(-c2ccc(OC(F)F)cc2)n1/N=C/c1ccccc1[N+](=O)[O-]. The lowest BCUT2D eigenvalue weighted by Crippen LogP contribution is -2.11. The van der Waals surface area contributed by atoms with Crippen LogP contribution < -0.4 is 9.54 Å². The van der Waals surface area contributed by atoms with Gasteiger partial charge in [0.25, 0.3) is 5.69 Å². The number of rotatable bonds is 6. The van der Waals surface area contributed by atoms with E-state index >= 15 is 0 Å². The molecule has 0 bridgehead atoms. The van der Waals surface area contributed by atoms with Crippen molar-refractivity contribution in [2.24, 2.45) is 10.1 Å². The highest BCUT2D eigenvalue weighted by atomic mass is 32.1. The summed E-state index contributed by atoms with van der Waals surface area (Å²) < 4.78 is 30.5. The third kappa shape index (κ3) is 4.29. The largest absolute Gasteiger partial charge is 0.435 e. The average Bonchev–Trinajstić information content (AvgIpc) is 3.09. The fraction of sp³-hybridized carbons (Fsp3) is 0.111. The molecule has 7 nitrogen and oxygen atoms in total. The van der Waals surface area contributed by atoms with E-state index in [0.717, 1.165) is 0 Å². The Morgan fingerprint density at radius 3 is 2.57 bits per heavy atom. The van der Waals surface area contributed by atoms with Gasteiger partial charge < -0.3 is 4.74 Å². The first kappa shape index (κ1) is 19.4. The van der Waals surface area contributed by atoms with Crippen molar-refractivity contribution >= 4 is 23.2 Å². The number of hydrogen-bond donors (Lipinski definition) is 0. The molecule has 0 aliphatic carbocycles. The smallest absolute Gasteiger partial charge is 0.387 e. The van der Waals surface area contributed by atoms with Gasteiger partial charge in [0.1, 0.15) is 5.75 Å². The number of alkyl halides is 2. The van der Waals surface area contributed by atoms with E-state index in [0.29, 0.717) is 21.6 Å². The molecule has 28 heavy (non-hydrogen) atoms. The second-order valence-electron chi connectivity index (χ2n) is 5.40. The van der Waals surface area contributed by atoms with Crippen LogP contribution in [0.4, 0.5) is 14.5 Å².